The zero-order chi connectivity index (χ0) is 25.6. The van der Waals surface area contributed by atoms with Gasteiger partial charge in [-0.3, -0.25) is 14.5 Å². The van der Waals surface area contributed by atoms with Crippen molar-refractivity contribution in [3.63, 3.8) is 0 Å². The predicted octanol–water partition coefficient (Wildman–Crippen LogP) is 6.94. The van der Waals surface area contributed by atoms with E-state index in [9.17, 15) is 27.2 Å². The Morgan fingerprint density at radius 3 is 2.31 bits per heavy atom. The van der Waals surface area contributed by atoms with Gasteiger partial charge >= 0.3 is 12.1 Å². The van der Waals surface area contributed by atoms with E-state index in [2.05, 4.69) is 5.32 Å². The van der Waals surface area contributed by atoms with Crippen LogP contribution in [0.1, 0.15) is 35.9 Å². The Balaban J connectivity index is 1.74. The van der Waals surface area contributed by atoms with E-state index in [0.29, 0.717) is 10.6 Å². The van der Waals surface area contributed by atoms with E-state index in [0.717, 1.165) is 5.56 Å². The molecule has 0 saturated carbocycles. The van der Waals surface area contributed by atoms with Crippen LogP contribution in [-0.2, 0) is 9.59 Å². The molecule has 1 aliphatic heterocycles. The molecule has 1 amide bonds. The van der Waals surface area contributed by atoms with Crippen molar-refractivity contribution in [1.82, 2.24) is 0 Å². The quantitative estimate of drug-likeness (QED) is 0.377. The van der Waals surface area contributed by atoms with Crippen LogP contribution in [0.3, 0.4) is 0 Å². The molecule has 0 fully saturated rings. The Morgan fingerprint density at radius 2 is 1.61 bits per heavy atom. The predicted molar refractivity (Wildman–Crippen MR) is 128 cm³/mol. The fourth-order valence-electron chi connectivity index (χ4n) is 4.91. The first-order chi connectivity index (χ1) is 17.1. The number of nitrogens with one attached hydrogen (secondary N) is 1. The average Bonchev–Trinajstić information content (AvgIpc) is 2.98. The number of Topliss-reactive ketones (excluding diaryl/α,β-unsaturated/α-hetero) is 1. The Kier molecular flexibility index (Phi) is 6.08. The first-order valence-corrected chi connectivity index (χ1v) is 11.6. The van der Waals surface area contributed by atoms with Crippen molar-refractivity contribution in [2.45, 2.75) is 31.0 Å². The largest absolute Gasteiger partial charge is 0.471 e. The molecule has 2 atom stereocenters. The Morgan fingerprint density at radius 1 is 0.944 bits per heavy atom. The molecule has 1 N–H and O–H groups in total. The van der Waals surface area contributed by atoms with Gasteiger partial charge in [0.15, 0.2) is 5.78 Å². The van der Waals surface area contributed by atoms with Gasteiger partial charge in [0.25, 0.3) is 0 Å². The highest BCUT2D eigenvalue weighted by molar-refractivity contribution is 6.31. The van der Waals surface area contributed by atoms with Crippen molar-refractivity contribution in [2.75, 3.05) is 10.2 Å². The zero-order valence-electron chi connectivity index (χ0n) is 18.7. The van der Waals surface area contributed by atoms with Gasteiger partial charge in [0.1, 0.15) is 5.82 Å². The van der Waals surface area contributed by atoms with E-state index in [1.54, 1.807) is 36.4 Å². The second-order valence-electron chi connectivity index (χ2n) is 8.71. The van der Waals surface area contributed by atoms with E-state index in [1.807, 2.05) is 0 Å². The van der Waals surface area contributed by atoms with Crippen molar-refractivity contribution in [2.24, 2.45) is 0 Å². The number of hydrogen-bond donors (Lipinski definition) is 1. The lowest BCUT2D eigenvalue weighted by molar-refractivity contribution is -0.170. The third-order valence-corrected chi connectivity index (χ3v) is 6.84. The van der Waals surface area contributed by atoms with Gasteiger partial charge in [0.05, 0.1) is 17.4 Å². The number of para-hydroxylation sites is 2. The van der Waals surface area contributed by atoms with E-state index < -0.39 is 29.7 Å². The van der Waals surface area contributed by atoms with Crippen molar-refractivity contribution >= 4 is 34.7 Å². The molecule has 2 aliphatic rings. The highest BCUT2D eigenvalue weighted by Gasteiger charge is 2.50. The summed E-state index contributed by atoms with van der Waals surface area (Å²) in [5.41, 5.74) is 1.62. The number of carbonyl (C=O) groups is 2. The standard InChI is InChI=1S/C27H19ClF4N2O2/c28-19-6-2-1-5-18(19)25-24-21(13-16(14-23(24)35)15-9-11-17(29)12-10-15)33-20-7-3-4-8-22(20)34(25)26(36)27(30,31)32/h1-12,16,25,33H,13-14H2/t16-,25-/m0/s1. The van der Waals surface area contributed by atoms with Crippen molar-refractivity contribution in [1.29, 1.82) is 0 Å². The van der Waals surface area contributed by atoms with Gasteiger partial charge in [-0.05, 0) is 53.8 Å². The lowest BCUT2D eigenvalue weighted by Gasteiger charge is -2.35. The fraction of sp³-hybridized carbons (Fsp3) is 0.185. The molecule has 0 unspecified atom stereocenters. The molecule has 0 radical (unpaired) electrons. The van der Waals surface area contributed by atoms with Crippen LogP contribution in [0.15, 0.2) is 84.1 Å². The van der Waals surface area contributed by atoms with Crippen LogP contribution in [0.5, 0.6) is 0 Å². The molecule has 5 rings (SSSR count). The minimum atomic E-state index is -5.20. The van der Waals surface area contributed by atoms with Crippen molar-refractivity contribution in [3.05, 3.63) is 106 Å². The van der Waals surface area contributed by atoms with Gasteiger partial charge in [0, 0.05) is 22.7 Å². The number of amides is 1. The first kappa shape index (κ1) is 24.1. The summed E-state index contributed by atoms with van der Waals surface area (Å²) in [5, 5.41) is 3.27. The van der Waals surface area contributed by atoms with Gasteiger partial charge < -0.3 is 5.32 Å². The van der Waals surface area contributed by atoms with Crippen molar-refractivity contribution in [3.8, 4) is 0 Å². The molecule has 0 saturated heterocycles. The maximum Gasteiger partial charge on any atom is 0.471 e. The molecular weight excluding hydrogens is 496 g/mol. The number of halogens is 5. The molecule has 3 aromatic carbocycles. The van der Waals surface area contributed by atoms with Crippen LogP contribution < -0.4 is 10.2 Å². The second-order valence-corrected chi connectivity index (χ2v) is 9.12. The first-order valence-electron chi connectivity index (χ1n) is 11.2. The summed E-state index contributed by atoms with van der Waals surface area (Å²) >= 11 is 6.43. The molecule has 0 spiro atoms. The van der Waals surface area contributed by atoms with E-state index in [-0.39, 0.29) is 46.3 Å². The number of anilines is 2. The molecule has 0 bridgehead atoms. The minimum absolute atomic E-state index is 0.0164. The molecule has 184 valence electrons. The SMILES string of the molecule is O=C1C[C@@H](c2ccc(F)cc2)CC2=C1[C@H](c1ccccc1Cl)N(C(=O)C(F)(F)F)c1ccccc1N2. The number of fused-ring (bicyclic) bond motifs is 1. The highest BCUT2D eigenvalue weighted by Crippen LogP contribution is 2.49. The number of carbonyl (C=O) groups excluding carboxylic acids is 2. The smallest absolute Gasteiger partial charge is 0.357 e. The third-order valence-electron chi connectivity index (χ3n) is 6.49. The number of allylic oxidation sites excluding steroid dienone is 1. The highest BCUT2D eigenvalue weighted by atomic mass is 35.5. The second kappa shape index (κ2) is 9.09. The normalized spacial score (nSPS) is 19.8. The summed E-state index contributed by atoms with van der Waals surface area (Å²) in [6, 6.07) is 16.7. The number of benzene rings is 3. The van der Waals surface area contributed by atoms with E-state index in [4.69, 9.17) is 11.6 Å². The molecule has 36 heavy (non-hydrogen) atoms. The lowest BCUT2D eigenvalue weighted by Crippen LogP contribution is -2.45. The summed E-state index contributed by atoms with van der Waals surface area (Å²) in [5.74, 6) is -3.27. The fourth-order valence-corrected chi connectivity index (χ4v) is 5.15. The molecule has 1 heterocycles. The molecule has 1 aliphatic carbocycles. The molecule has 9 heteroatoms. The number of ketones is 1. The monoisotopic (exact) mass is 514 g/mol. The Hall–Kier alpha value is -3.65. The molecule has 3 aromatic rings. The van der Waals surface area contributed by atoms with Gasteiger partial charge in [-0.25, -0.2) is 4.39 Å². The number of rotatable bonds is 2. The summed E-state index contributed by atoms with van der Waals surface area (Å²) in [7, 11) is 0. The Labute approximate surface area is 209 Å². The van der Waals surface area contributed by atoms with Gasteiger partial charge in [-0.2, -0.15) is 13.2 Å². The van der Waals surface area contributed by atoms with Crippen LogP contribution in [0.25, 0.3) is 0 Å². The summed E-state index contributed by atoms with van der Waals surface area (Å²) < 4.78 is 55.2. The third kappa shape index (κ3) is 4.26. The minimum Gasteiger partial charge on any atom is -0.357 e. The van der Waals surface area contributed by atoms with E-state index in [1.165, 1.54) is 36.4 Å². The topological polar surface area (TPSA) is 49.4 Å². The maximum atomic E-state index is 13.9. The maximum absolute atomic E-state index is 13.9. The molecule has 0 aromatic heterocycles. The van der Waals surface area contributed by atoms with Crippen LogP contribution in [0.4, 0.5) is 28.9 Å². The van der Waals surface area contributed by atoms with E-state index >= 15 is 0 Å². The summed E-state index contributed by atoms with van der Waals surface area (Å²) in [6.07, 6.45) is -4.94. The summed E-state index contributed by atoms with van der Waals surface area (Å²) in [4.78, 5) is 27.2. The number of alkyl halides is 3. The zero-order valence-corrected chi connectivity index (χ0v) is 19.4. The molecular formula is C27H19ClF4N2O2. The Bertz CT molecular complexity index is 1390. The average molecular weight is 515 g/mol. The number of hydrogen-bond acceptors (Lipinski definition) is 3. The van der Waals surface area contributed by atoms with Gasteiger partial charge in [-0.1, -0.05) is 54.1 Å². The molecule has 4 nitrogen and oxygen atoms in total. The summed E-state index contributed by atoms with van der Waals surface area (Å²) in [6.45, 7) is 0. The van der Waals surface area contributed by atoms with Crippen LogP contribution in [-0.4, -0.2) is 17.9 Å². The van der Waals surface area contributed by atoms with Crippen LogP contribution in [0.2, 0.25) is 5.02 Å². The van der Waals surface area contributed by atoms with Gasteiger partial charge in [0.2, 0.25) is 0 Å². The number of nitrogens with zero attached hydrogens (tertiary/aromatic N) is 1. The van der Waals surface area contributed by atoms with Crippen LogP contribution in [0, 0.1) is 5.82 Å². The van der Waals surface area contributed by atoms with Crippen LogP contribution >= 0.6 is 11.6 Å². The lowest BCUT2D eigenvalue weighted by atomic mass is 9.78. The van der Waals surface area contributed by atoms with Crippen molar-refractivity contribution < 1.29 is 27.2 Å². The van der Waals surface area contributed by atoms with Gasteiger partial charge in [-0.15, -0.1) is 0 Å².